The van der Waals surface area contributed by atoms with Crippen LogP contribution in [0.2, 0.25) is 0 Å². The number of nitrogens with one attached hydrogen (secondary N) is 2. The molecule has 1 saturated heterocycles. The van der Waals surface area contributed by atoms with Crippen molar-refractivity contribution in [2.75, 3.05) is 13.1 Å². The van der Waals surface area contributed by atoms with Crippen LogP contribution in [-0.2, 0) is 0 Å². The molecule has 5 nitrogen and oxygen atoms in total. The van der Waals surface area contributed by atoms with E-state index in [1.165, 1.54) is 6.39 Å². The second kappa shape index (κ2) is 3.66. The minimum absolute atomic E-state index is 0.170. The first kappa shape index (κ1) is 10.2. The molecule has 1 aromatic heterocycles. The average Bonchev–Trinajstić information content (AvgIpc) is 2.74. The highest BCUT2D eigenvalue weighted by Gasteiger charge is 2.31. The van der Waals surface area contributed by atoms with Crippen LogP contribution in [0.3, 0.4) is 0 Å². The van der Waals surface area contributed by atoms with Crippen LogP contribution < -0.4 is 10.6 Å². The summed E-state index contributed by atoms with van der Waals surface area (Å²) in [5.74, 6) is 0.124. The predicted molar refractivity (Wildman–Crippen MR) is 54.6 cm³/mol. The number of nitrogens with zero attached hydrogens (tertiary/aromatic N) is 1. The third kappa shape index (κ3) is 2.02. The summed E-state index contributed by atoms with van der Waals surface area (Å²) in [5.41, 5.74) is 0.457. The summed E-state index contributed by atoms with van der Waals surface area (Å²) in [7, 11) is 0. The smallest absolute Gasteiger partial charge is 0.289 e. The van der Waals surface area contributed by atoms with Gasteiger partial charge in [0.1, 0.15) is 0 Å². The van der Waals surface area contributed by atoms with Gasteiger partial charge in [-0.1, -0.05) is 0 Å². The van der Waals surface area contributed by atoms with Gasteiger partial charge in [0, 0.05) is 6.54 Å². The normalized spacial score (nSPS) is 25.5. The van der Waals surface area contributed by atoms with E-state index in [1.807, 2.05) is 6.92 Å². The lowest BCUT2D eigenvalue weighted by Crippen LogP contribution is -2.47. The van der Waals surface area contributed by atoms with E-state index in [1.54, 1.807) is 6.92 Å². The molecule has 0 bridgehead atoms. The minimum Gasteiger partial charge on any atom is -0.438 e. The van der Waals surface area contributed by atoms with E-state index in [0.717, 1.165) is 19.5 Å². The number of hydrogen-bond acceptors (Lipinski definition) is 4. The number of oxazole rings is 1. The summed E-state index contributed by atoms with van der Waals surface area (Å²) in [4.78, 5) is 15.7. The number of aryl methyl sites for hydroxylation is 1. The first-order valence-corrected chi connectivity index (χ1v) is 5.04. The summed E-state index contributed by atoms with van der Waals surface area (Å²) in [5, 5.41) is 6.18. The van der Waals surface area contributed by atoms with Gasteiger partial charge in [-0.15, -0.1) is 0 Å². The summed E-state index contributed by atoms with van der Waals surface area (Å²) in [6.07, 6.45) is 2.23. The second-order valence-electron chi connectivity index (χ2n) is 4.21. The molecule has 1 aromatic rings. The van der Waals surface area contributed by atoms with E-state index >= 15 is 0 Å². The van der Waals surface area contributed by atoms with Gasteiger partial charge in [-0.3, -0.25) is 4.79 Å². The molecule has 0 radical (unpaired) electrons. The van der Waals surface area contributed by atoms with Crippen molar-refractivity contribution >= 4 is 5.91 Å². The molecule has 0 aromatic carbocycles. The van der Waals surface area contributed by atoms with E-state index in [9.17, 15) is 4.79 Å². The van der Waals surface area contributed by atoms with Gasteiger partial charge in [-0.05, 0) is 26.8 Å². The Morgan fingerprint density at radius 1 is 1.73 bits per heavy atom. The lowest BCUT2D eigenvalue weighted by molar-refractivity contribution is 0.0883. The highest BCUT2D eigenvalue weighted by atomic mass is 16.3. The summed E-state index contributed by atoms with van der Waals surface area (Å²) in [6, 6.07) is 0. The van der Waals surface area contributed by atoms with Crippen LogP contribution in [0.25, 0.3) is 0 Å². The van der Waals surface area contributed by atoms with Gasteiger partial charge in [0.05, 0.1) is 11.2 Å². The zero-order valence-corrected chi connectivity index (χ0v) is 8.96. The van der Waals surface area contributed by atoms with Crippen LogP contribution >= 0.6 is 0 Å². The van der Waals surface area contributed by atoms with E-state index in [4.69, 9.17) is 4.42 Å². The Hall–Kier alpha value is -1.36. The fraction of sp³-hybridized carbons (Fsp3) is 0.600. The van der Waals surface area contributed by atoms with Crippen LogP contribution in [0.5, 0.6) is 0 Å². The lowest BCUT2D eigenvalue weighted by atomic mass is 10.0. The summed E-state index contributed by atoms with van der Waals surface area (Å²) in [6.45, 7) is 5.52. The molecule has 2 heterocycles. The quantitative estimate of drug-likeness (QED) is 0.742. The Labute approximate surface area is 88.3 Å². The molecule has 15 heavy (non-hydrogen) atoms. The molecule has 1 aliphatic heterocycles. The van der Waals surface area contributed by atoms with Crippen molar-refractivity contribution in [1.29, 1.82) is 0 Å². The Morgan fingerprint density at radius 2 is 2.53 bits per heavy atom. The Balaban J connectivity index is 2.07. The average molecular weight is 209 g/mol. The first-order valence-electron chi connectivity index (χ1n) is 5.04. The number of aromatic nitrogens is 1. The number of carbonyl (C=O) groups is 1. The monoisotopic (exact) mass is 209 g/mol. The molecule has 82 valence electrons. The van der Waals surface area contributed by atoms with Gasteiger partial charge >= 0.3 is 0 Å². The molecule has 1 amide bonds. The maximum Gasteiger partial charge on any atom is 0.289 e. The van der Waals surface area contributed by atoms with Crippen LogP contribution in [-0.4, -0.2) is 29.5 Å². The molecule has 1 atom stereocenters. The SMILES string of the molecule is Cc1ncoc1C(=O)NC1(C)CCNC1. The van der Waals surface area contributed by atoms with Crippen molar-refractivity contribution in [2.45, 2.75) is 25.8 Å². The summed E-state index contributed by atoms with van der Waals surface area (Å²) >= 11 is 0. The van der Waals surface area contributed by atoms with Crippen molar-refractivity contribution in [1.82, 2.24) is 15.6 Å². The fourth-order valence-electron chi connectivity index (χ4n) is 1.77. The van der Waals surface area contributed by atoms with Gasteiger partial charge in [-0.25, -0.2) is 4.98 Å². The van der Waals surface area contributed by atoms with Gasteiger partial charge in [0.25, 0.3) is 5.91 Å². The number of rotatable bonds is 2. The van der Waals surface area contributed by atoms with Crippen molar-refractivity contribution in [3.8, 4) is 0 Å². The van der Waals surface area contributed by atoms with Crippen LogP contribution in [0.15, 0.2) is 10.8 Å². The van der Waals surface area contributed by atoms with Crippen molar-refractivity contribution < 1.29 is 9.21 Å². The van der Waals surface area contributed by atoms with Crippen molar-refractivity contribution in [3.05, 3.63) is 17.8 Å². The largest absolute Gasteiger partial charge is 0.438 e. The number of carbonyl (C=O) groups excluding carboxylic acids is 1. The van der Waals surface area contributed by atoms with E-state index in [-0.39, 0.29) is 11.4 Å². The predicted octanol–water partition coefficient (Wildman–Crippen LogP) is 0.465. The molecule has 1 aliphatic rings. The van der Waals surface area contributed by atoms with Gasteiger partial charge in [0.2, 0.25) is 5.76 Å². The molecule has 2 N–H and O–H groups in total. The van der Waals surface area contributed by atoms with Crippen LogP contribution in [0.1, 0.15) is 29.6 Å². The van der Waals surface area contributed by atoms with Crippen LogP contribution in [0.4, 0.5) is 0 Å². The molecular weight excluding hydrogens is 194 g/mol. The molecule has 2 rings (SSSR count). The third-order valence-electron chi connectivity index (χ3n) is 2.74. The number of hydrogen-bond donors (Lipinski definition) is 2. The zero-order chi connectivity index (χ0) is 10.9. The van der Waals surface area contributed by atoms with Gasteiger partial charge in [0.15, 0.2) is 6.39 Å². The maximum atomic E-state index is 11.8. The molecule has 0 spiro atoms. The Morgan fingerprint density at radius 3 is 3.07 bits per heavy atom. The number of amides is 1. The van der Waals surface area contributed by atoms with E-state index < -0.39 is 0 Å². The first-order chi connectivity index (χ1) is 7.11. The summed E-state index contributed by atoms with van der Waals surface area (Å²) < 4.78 is 5.04. The molecule has 1 unspecified atom stereocenters. The van der Waals surface area contributed by atoms with Crippen molar-refractivity contribution in [2.24, 2.45) is 0 Å². The highest BCUT2D eigenvalue weighted by molar-refractivity contribution is 5.92. The Bertz CT molecular complexity index is 366. The van der Waals surface area contributed by atoms with E-state index in [2.05, 4.69) is 15.6 Å². The van der Waals surface area contributed by atoms with Gasteiger partial charge < -0.3 is 15.1 Å². The Kier molecular flexibility index (Phi) is 2.48. The zero-order valence-electron chi connectivity index (χ0n) is 8.96. The van der Waals surface area contributed by atoms with E-state index in [0.29, 0.717) is 11.5 Å². The molecule has 1 fully saturated rings. The molecule has 0 aliphatic carbocycles. The lowest BCUT2D eigenvalue weighted by Gasteiger charge is -2.23. The fourth-order valence-corrected chi connectivity index (χ4v) is 1.77. The highest BCUT2D eigenvalue weighted by Crippen LogP contribution is 2.15. The maximum absolute atomic E-state index is 11.8. The van der Waals surface area contributed by atoms with Crippen LogP contribution in [0, 0.1) is 6.92 Å². The standard InChI is InChI=1S/C10H15N3O2/c1-7-8(15-6-12-7)9(14)13-10(2)3-4-11-5-10/h6,11H,3-5H2,1-2H3,(H,13,14). The molecule has 5 heteroatoms. The van der Waals surface area contributed by atoms with Crippen molar-refractivity contribution in [3.63, 3.8) is 0 Å². The second-order valence-corrected chi connectivity index (χ2v) is 4.21. The van der Waals surface area contributed by atoms with Gasteiger partial charge in [-0.2, -0.15) is 0 Å². The molecular formula is C10H15N3O2. The third-order valence-corrected chi connectivity index (χ3v) is 2.74. The molecule has 0 saturated carbocycles. The topological polar surface area (TPSA) is 67.2 Å². The minimum atomic E-state index is -0.184.